The molecule has 1 amide bonds. The lowest BCUT2D eigenvalue weighted by Crippen LogP contribution is -2.42. The number of carbonyl (C=O) groups is 1. The largest absolute Gasteiger partial charge is 0.339 e. The number of pyridine rings is 1. The van der Waals surface area contributed by atoms with Crippen molar-refractivity contribution >= 4 is 16.8 Å². The Bertz CT molecular complexity index is 944. The quantitative estimate of drug-likeness (QED) is 0.766. The number of piperidine rings is 1. The molecule has 0 saturated carbocycles. The van der Waals surface area contributed by atoms with E-state index in [2.05, 4.69) is 6.92 Å². The fraction of sp³-hybridized carbons (Fsp3) is 0.304. The van der Waals surface area contributed by atoms with E-state index >= 15 is 0 Å². The summed E-state index contributed by atoms with van der Waals surface area (Å²) in [4.78, 5) is 20.1. The Labute approximate surface area is 160 Å². The van der Waals surface area contributed by atoms with Crippen LogP contribution in [0.4, 0.5) is 0 Å². The van der Waals surface area contributed by atoms with Crippen LogP contribution in [0.2, 0.25) is 0 Å². The van der Waals surface area contributed by atoms with Gasteiger partial charge in [-0.1, -0.05) is 48.5 Å². The van der Waals surface area contributed by atoms with E-state index in [1.807, 2.05) is 65.6 Å². The fourth-order valence-electron chi connectivity index (χ4n) is 3.91. The SMILES string of the molecule is CC(N)C1CCN(C(=O)c2cc(-c3ccccc3)nc3ccccc23)CC1. The predicted octanol–water partition coefficient (Wildman–Crippen LogP) is 4.10. The molecule has 1 aromatic heterocycles. The molecule has 3 aromatic rings. The summed E-state index contributed by atoms with van der Waals surface area (Å²) < 4.78 is 0. The second-order valence-corrected chi connectivity index (χ2v) is 7.43. The van der Waals surface area contributed by atoms with Gasteiger partial charge in [-0.25, -0.2) is 4.98 Å². The van der Waals surface area contributed by atoms with E-state index < -0.39 is 0 Å². The lowest BCUT2D eigenvalue weighted by atomic mass is 9.90. The van der Waals surface area contributed by atoms with Gasteiger partial charge >= 0.3 is 0 Å². The zero-order chi connectivity index (χ0) is 18.8. The molecule has 1 aliphatic rings. The Hall–Kier alpha value is -2.72. The van der Waals surface area contributed by atoms with E-state index in [0.717, 1.165) is 53.7 Å². The summed E-state index contributed by atoms with van der Waals surface area (Å²) in [6.45, 7) is 3.59. The van der Waals surface area contributed by atoms with Gasteiger partial charge in [0.2, 0.25) is 0 Å². The van der Waals surface area contributed by atoms with Crippen molar-refractivity contribution < 1.29 is 4.79 Å². The minimum Gasteiger partial charge on any atom is -0.339 e. The van der Waals surface area contributed by atoms with E-state index in [0.29, 0.717) is 5.92 Å². The molecule has 1 fully saturated rings. The summed E-state index contributed by atoms with van der Waals surface area (Å²) in [6.07, 6.45) is 1.94. The predicted molar refractivity (Wildman–Crippen MR) is 109 cm³/mol. The zero-order valence-corrected chi connectivity index (χ0v) is 15.6. The highest BCUT2D eigenvalue weighted by molar-refractivity contribution is 6.07. The number of amides is 1. The van der Waals surface area contributed by atoms with Gasteiger partial charge in [0.15, 0.2) is 0 Å². The molecule has 4 nitrogen and oxygen atoms in total. The molecule has 0 aliphatic carbocycles. The first-order valence-electron chi connectivity index (χ1n) is 9.63. The molecule has 0 bridgehead atoms. The Morgan fingerprint density at radius 1 is 1.07 bits per heavy atom. The van der Waals surface area contributed by atoms with Gasteiger partial charge in [-0.2, -0.15) is 0 Å². The van der Waals surface area contributed by atoms with E-state index in [1.165, 1.54) is 0 Å². The molecule has 2 aromatic carbocycles. The maximum atomic E-state index is 13.3. The summed E-state index contributed by atoms with van der Waals surface area (Å²) in [5.41, 5.74) is 9.49. The van der Waals surface area contributed by atoms with Crippen LogP contribution in [0.3, 0.4) is 0 Å². The molecule has 2 N–H and O–H groups in total. The van der Waals surface area contributed by atoms with Crippen LogP contribution in [0.5, 0.6) is 0 Å². The van der Waals surface area contributed by atoms with Crippen molar-refractivity contribution in [3.63, 3.8) is 0 Å². The summed E-state index contributed by atoms with van der Waals surface area (Å²) >= 11 is 0. The number of likely N-dealkylation sites (tertiary alicyclic amines) is 1. The summed E-state index contributed by atoms with van der Waals surface area (Å²) in [5.74, 6) is 0.594. The van der Waals surface area contributed by atoms with Crippen LogP contribution in [-0.4, -0.2) is 34.9 Å². The van der Waals surface area contributed by atoms with E-state index in [9.17, 15) is 4.79 Å². The third-order valence-electron chi connectivity index (χ3n) is 5.59. The Kier molecular flexibility index (Phi) is 4.90. The van der Waals surface area contributed by atoms with Crippen LogP contribution in [-0.2, 0) is 0 Å². The van der Waals surface area contributed by atoms with Crippen molar-refractivity contribution in [2.24, 2.45) is 11.7 Å². The van der Waals surface area contributed by atoms with Crippen LogP contribution in [0.25, 0.3) is 22.2 Å². The highest BCUT2D eigenvalue weighted by Gasteiger charge is 2.26. The molecule has 1 unspecified atom stereocenters. The maximum Gasteiger partial charge on any atom is 0.254 e. The average molecular weight is 359 g/mol. The third kappa shape index (κ3) is 3.58. The smallest absolute Gasteiger partial charge is 0.254 e. The fourth-order valence-corrected chi connectivity index (χ4v) is 3.91. The minimum absolute atomic E-state index is 0.0916. The molecule has 27 heavy (non-hydrogen) atoms. The van der Waals surface area contributed by atoms with Crippen molar-refractivity contribution in [2.75, 3.05) is 13.1 Å². The molecular formula is C23H25N3O. The summed E-state index contributed by atoms with van der Waals surface area (Å²) in [6, 6.07) is 20.0. The van der Waals surface area contributed by atoms with Gasteiger partial charge in [0.05, 0.1) is 16.8 Å². The third-order valence-corrected chi connectivity index (χ3v) is 5.59. The second-order valence-electron chi connectivity index (χ2n) is 7.43. The highest BCUT2D eigenvalue weighted by Crippen LogP contribution is 2.27. The van der Waals surface area contributed by atoms with Crippen LogP contribution in [0, 0.1) is 5.92 Å². The van der Waals surface area contributed by atoms with Gasteiger partial charge in [0, 0.05) is 30.1 Å². The number of nitrogens with zero attached hydrogens (tertiary/aromatic N) is 2. The molecule has 138 valence electrons. The van der Waals surface area contributed by atoms with Crippen molar-refractivity contribution in [1.82, 2.24) is 9.88 Å². The van der Waals surface area contributed by atoms with Crippen LogP contribution < -0.4 is 5.73 Å². The normalized spacial score (nSPS) is 16.4. The summed E-state index contributed by atoms with van der Waals surface area (Å²) in [5, 5.41) is 0.913. The molecule has 0 spiro atoms. The first kappa shape index (κ1) is 17.7. The minimum atomic E-state index is 0.0916. The topological polar surface area (TPSA) is 59.2 Å². The molecule has 1 atom stereocenters. The van der Waals surface area contributed by atoms with Crippen LogP contribution in [0.1, 0.15) is 30.1 Å². The number of nitrogens with two attached hydrogens (primary N) is 1. The number of carbonyl (C=O) groups excluding carboxylic acids is 1. The van der Waals surface area contributed by atoms with Crippen LogP contribution in [0.15, 0.2) is 60.7 Å². The van der Waals surface area contributed by atoms with Gasteiger partial charge in [0.25, 0.3) is 5.91 Å². The molecule has 1 aliphatic heterocycles. The Morgan fingerprint density at radius 3 is 2.44 bits per heavy atom. The van der Waals surface area contributed by atoms with Gasteiger partial charge in [-0.3, -0.25) is 4.79 Å². The second kappa shape index (κ2) is 7.49. The first-order chi connectivity index (χ1) is 13.1. The number of aromatic nitrogens is 1. The van der Waals surface area contributed by atoms with Crippen molar-refractivity contribution in [3.8, 4) is 11.3 Å². The number of para-hydroxylation sites is 1. The maximum absolute atomic E-state index is 13.3. The Morgan fingerprint density at radius 2 is 1.74 bits per heavy atom. The monoisotopic (exact) mass is 359 g/mol. The molecule has 1 saturated heterocycles. The number of hydrogen-bond acceptors (Lipinski definition) is 3. The van der Waals surface area contributed by atoms with Crippen molar-refractivity contribution in [3.05, 3.63) is 66.2 Å². The standard InChI is InChI=1S/C23H25N3O/c1-16(24)17-11-13-26(14-12-17)23(27)20-15-22(18-7-3-2-4-8-18)25-21-10-6-5-9-19(20)21/h2-10,15-17H,11-14,24H2,1H3. The van der Waals surface area contributed by atoms with E-state index in [1.54, 1.807) is 0 Å². The molecule has 0 radical (unpaired) electrons. The van der Waals surface area contributed by atoms with E-state index in [4.69, 9.17) is 10.7 Å². The molecular weight excluding hydrogens is 334 g/mol. The number of hydrogen-bond donors (Lipinski definition) is 1. The lowest BCUT2D eigenvalue weighted by Gasteiger charge is -2.34. The van der Waals surface area contributed by atoms with Gasteiger partial charge in [-0.15, -0.1) is 0 Å². The number of rotatable bonds is 3. The average Bonchev–Trinajstić information content (AvgIpc) is 2.73. The van der Waals surface area contributed by atoms with Gasteiger partial charge in [0.1, 0.15) is 0 Å². The summed E-state index contributed by atoms with van der Waals surface area (Å²) in [7, 11) is 0. The van der Waals surface area contributed by atoms with Crippen molar-refractivity contribution in [2.45, 2.75) is 25.8 Å². The van der Waals surface area contributed by atoms with Gasteiger partial charge < -0.3 is 10.6 Å². The van der Waals surface area contributed by atoms with Crippen LogP contribution >= 0.6 is 0 Å². The van der Waals surface area contributed by atoms with E-state index in [-0.39, 0.29) is 11.9 Å². The first-order valence-corrected chi connectivity index (χ1v) is 9.63. The Balaban J connectivity index is 1.71. The number of benzene rings is 2. The number of fused-ring (bicyclic) bond motifs is 1. The van der Waals surface area contributed by atoms with Gasteiger partial charge in [-0.05, 0) is 37.8 Å². The molecule has 4 heteroatoms. The molecule has 2 heterocycles. The highest BCUT2D eigenvalue weighted by atomic mass is 16.2. The van der Waals surface area contributed by atoms with Crippen molar-refractivity contribution in [1.29, 1.82) is 0 Å². The zero-order valence-electron chi connectivity index (χ0n) is 15.6. The molecule has 4 rings (SSSR count). The lowest BCUT2D eigenvalue weighted by molar-refractivity contribution is 0.0683.